The molecule has 33 nitrogen and oxygen atoms in total. The molecule has 7 aromatic heterocycles. The normalized spacial score (nSPS) is 20.9. The first kappa shape index (κ1) is 84.8. The molecule has 119 heavy (non-hydrogen) atoms. The highest BCUT2D eigenvalue weighted by Gasteiger charge is 2.41. The number of β-amino-alcohol motifs (C(OH)–C–C–N with tert-alkyl or cyclic N) is 1. The number of benzene rings is 3. The van der Waals surface area contributed by atoms with Crippen LogP contribution < -0.4 is 70.1 Å². The van der Waals surface area contributed by atoms with Crippen molar-refractivity contribution in [3.8, 4) is 79.5 Å². The number of pyridine rings is 3. The summed E-state index contributed by atoms with van der Waals surface area (Å²) in [4.78, 5) is 82.7. The molecule has 3 amide bonds. The quantitative estimate of drug-likeness (QED) is 0.0276. The number of aliphatic hydroxyl groups is 1. The van der Waals surface area contributed by atoms with Crippen LogP contribution in [0.15, 0.2) is 105 Å². The van der Waals surface area contributed by atoms with Gasteiger partial charge in [-0.2, -0.15) is 5.10 Å². The fourth-order valence-corrected chi connectivity index (χ4v) is 16.7. The first-order valence-corrected chi connectivity index (χ1v) is 39.6. The Morgan fingerprint density at radius 3 is 1.15 bits per heavy atom. The van der Waals surface area contributed by atoms with Gasteiger partial charge in [0, 0.05) is 121 Å². The van der Waals surface area contributed by atoms with Crippen LogP contribution in [-0.4, -0.2) is 240 Å². The third-order valence-corrected chi connectivity index (χ3v) is 22.9. The zero-order valence-corrected chi connectivity index (χ0v) is 70.2. The Balaban J connectivity index is 0.000000146. The van der Waals surface area contributed by atoms with Crippen molar-refractivity contribution in [1.82, 2.24) is 70.6 Å². The van der Waals surface area contributed by atoms with Gasteiger partial charge < -0.3 is 94.2 Å². The second-order valence-corrected chi connectivity index (χ2v) is 30.9. The van der Waals surface area contributed by atoms with Crippen molar-refractivity contribution in [3.05, 3.63) is 135 Å². The van der Waals surface area contributed by atoms with E-state index >= 15 is 0 Å². The highest BCUT2D eigenvalue weighted by molar-refractivity contribution is 6.42. The Morgan fingerprint density at radius 2 is 0.824 bits per heavy atom. The maximum atomic E-state index is 11.9. The number of aromatic nitrogens is 11. The molecule has 39 heteroatoms. The number of rotatable bonds is 24. The number of carbonyl (C=O) groups excluding carboxylic acids is 3. The Hall–Kier alpha value is -10.7. The number of amides is 3. The summed E-state index contributed by atoms with van der Waals surface area (Å²) in [5, 5.41) is 37.4. The van der Waals surface area contributed by atoms with Gasteiger partial charge in [-0.15, -0.1) is 0 Å². The van der Waals surface area contributed by atoms with Crippen LogP contribution >= 0.6 is 69.6 Å². The maximum Gasteiger partial charge on any atom is 0.243 e. The minimum atomic E-state index is -0.885. The Bertz CT molecular complexity index is 5310. The van der Waals surface area contributed by atoms with Crippen LogP contribution in [0.1, 0.15) is 19.8 Å². The Kier molecular flexibility index (Phi) is 26.0. The topological polar surface area (TPSA) is 376 Å². The molecular weight excluding hydrogens is 1660 g/mol. The van der Waals surface area contributed by atoms with E-state index in [1.165, 1.54) is 60.9 Å². The lowest BCUT2D eigenvalue weighted by Crippen LogP contribution is -2.57. The molecule has 7 aliphatic heterocycles. The number of halogens is 6. The van der Waals surface area contributed by atoms with Gasteiger partial charge in [-0.1, -0.05) is 89.3 Å². The van der Waals surface area contributed by atoms with Gasteiger partial charge in [0.2, 0.25) is 35.6 Å². The van der Waals surface area contributed by atoms with Crippen molar-refractivity contribution in [3.63, 3.8) is 0 Å². The van der Waals surface area contributed by atoms with Crippen LogP contribution in [0.25, 0.3) is 77.7 Å². The molecule has 0 saturated carbocycles. The molecule has 14 heterocycles. The summed E-state index contributed by atoms with van der Waals surface area (Å²) in [6.07, 6.45) is 14.2. The number of morpholine rings is 1. The maximum absolute atomic E-state index is 11.9. The summed E-state index contributed by atoms with van der Waals surface area (Å²) in [6.45, 7) is 16.9. The van der Waals surface area contributed by atoms with E-state index in [0.717, 1.165) is 17.4 Å². The highest BCUT2D eigenvalue weighted by Crippen LogP contribution is 2.51. The van der Waals surface area contributed by atoms with E-state index in [1.54, 1.807) is 66.7 Å². The number of piperidine rings is 1. The van der Waals surface area contributed by atoms with E-state index < -0.39 is 5.60 Å². The number of ether oxygens (including phenoxy) is 10. The van der Waals surface area contributed by atoms with Crippen molar-refractivity contribution in [1.29, 1.82) is 0 Å². The van der Waals surface area contributed by atoms with Crippen LogP contribution in [0.4, 0.5) is 29.5 Å². The number of nitrogens with one attached hydrogen (secondary N) is 6. The van der Waals surface area contributed by atoms with Crippen molar-refractivity contribution in [2.75, 3.05) is 134 Å². The SMILES string of the molecule is C=CC(=O)N[C@H]1COC[C@H]1Nc1ncc2cc(-c3c(Cl)c(OC)cc(OC)c3Cl)nc(-c3cnn(C)c3)c2n1.C=CC(=O)N[C@H]1COC[C@H]1Nc1ncc2cc(-c3c(Cl)c(OC)cc(OC)c3Cl)nc(N3CC4CC(C3)O4)c2n1.C=CC(=O)N[C@H]1COC[C@H]1Nc1ncc2cc(-c3c(Cl)c(OC)cc(OC)c3Cl)nc(N3CCC(C)(O)C3)c2n1. The van der Waals surface area contributed by atoms with E-state index in [0.29, 0.717) is 223 Å². The van der Waals surface area contributed by atoms with Crippen molar-refractivity contribution < 1.29 is 66.9 Å². The third kappa shape index (κ3) is 18.1. The molecule has 7 saturated heterocycles. The van der Waals surface area contributed by atoms with E-state index in [9.17, 15) is 19.5 Å². The van der Waals surface area contributed by atoms with Crippen molar-refractivity contribution in [2.24, 2.45) is 7.05 Å². The second kappa shape index (κ2) is 36.5. The van der Waals surface area contributed by atoms with Crippen LogP contribution in [0.2, 0.25) is 30.1 Å². The van der Waals surface area contributed by atoms with Gasteiger partial charge in [0.05, 0.1) is 190 Å². The minimum absolute atomic E-state index is 0.146. The summed E-state index contributed by atoms with van der Waals surface area (Å²) in [5.74, 6) is 3.89. The summed E-state index contributed by atoms with van der Waals surface area (Å²) in [6, 6.07) is 8.86. The smallest absolute Gasteiger partial charge is 0.243 e. The third-order valence-electron chi connectivity index (χ3n) is 20.7. The molecule has 10 aromatic rings. The molecule has 624 valence electrons. The fourth-order valence-electron chi connectivity index (χ4n) is 14.6. The summed E-state index contributed by atoms with van der Waals surface area (Å²) in [5.41, 5.74) is 5.10. The number of hydrogen-bond acceptors (Lipinski definition) is 29. The Morgan fingerprint density at radius 1 is 0.487 bits per heavy atom. The number of carbonyl (C=O) groups is 3. The molecule has 3 aromatic carbocycles. The zero-order valence-electron chi connectivity index (χ0n) is 65.6. The number of fused-ring (bicyclic) bond motifs is 5. The number of methoxy groups -OCH3 is 6. The molecular formula is C80H83Cl6N19O14. The average molecular weight is 1750 g/mol. The zero-order chi connectivity index (χ0) is 84.3. The molecule has 17 rings (SSSR count). The number of hydrogen-bond donors (Lipinski definition) is 7. The van der Waals surface area contributed by atoms with Crippen LogP contribution in [-0.2, 0) is 40.4 Å². The Labute approximate surface area is 712 Å². The van der Waals surface area contributed by atoms with Gasteiger partial charge in [-0.3, -0.25) is 19.1 Å². The lowest BCUT2D eigenvalue weighted by atomic mass is 9.98. The molecule has 7 fully saturated rings. The van der Waals surface area contributed by atoms with Gasteiger partial charge in [0.1, 0.15) is 56.7 Å². The van der Waals surface area contributed by atoms with Gasteiger partial charge in [0.25, 0.3) is 0 Å². The molecule has 0 spiro atoms. The van der Waals surface area contributed by atoms with Crippen molar-refractivity contribution in [2.45, 2.75) is 73.8 Å². The van der Waals surface area contributed by atoms with E-state index in [-0.39, 0.29) is 76.2 Å². The predicted octanol–water partition coefficient (Wildman–Crippen LogP) is 10.8. The number of anilines is 5. The monoisotopic (exact) mass is 1740 g/mol. The molecule has 0 radical (unpaired) electrons. The molecule has 7 aliphatic rings. The van der Waals surface area contributed by atoms with E-state index in [1.807, 2.05) is 24.2 Å². The minimum Gasteiger partial charge on any atom is -0.495 e. The number of aryl methyl sites for hydroxylation is 1. The highest BCUT2D eigenvalue weighted by atomic mass is 35.5. The van der Waals surface area contributed by atoms with Crippen LogP contribution in [0.3, 0.4) is 0 Å². The average Bonchev–Trinajstić information content (AvgIpc) is 1.27. The van der Waals surface area contributed by atoms with Crippen molar-refractivity contribution >= 4 is 150 Å². The summed E-state index contributed by atoms with van der Waals surface area (Å²) in [7, 11) is 10.9. The van der Waals surface area contributed by atoms with Gasteiger partial charge in [-0.25, -0.2) is 44.9 Å². The van der Waals surface area contributed by atoms with Crippen LogP contribution in [0.5, 0.6) is 34.5 Å². The largest absolute Gasteiger partial charge is 0.495 e. The standard InChI is InChI=1S/C27H28Cl2N6O5.C27H30Cl2N6O5.C26H25Cl2N7O4/c1-4-21(36)31-17-11-39-12-18(17)33-27-30-8-13-5-16(22-23(28)19(37-2)7-20(38-3)24(22)29)32-26(25(13)34-27)35-9-14-6-15(10-35)40-14;1-5-20(36)31-16-11-40-12-17(16)33-26-30-10-14-8-15(21-22(28)18(38-3)9-19(39-4)23(21)29)32-25(24(14)34-26)35-7-6-27(2,37)13-35;1-5-20(36)31-16-11-39-12-17(16)33-26-29-8-13-6-15(21-22(27)18(37-3)7-19(38-4)23(21)28)32-25(24(13)34-26)14-9-30-35(2)10-14/h4-5,7-8,14-15,17-18H,1,6,9-12H2,2-3H3,(H,31,36)(H,30,33,34);5,8-10,16-17,37H,1,6-7,11-13H2,2-4H3,(H,31,36)(H,30,33,34);5-10,16-17H,1,11-12H2,2-4H3,(H,31,36)(H,29,33,34)/t14?,15?,17-,18+;16-,17+,27?;16-,17+/m000/s1. The first-order valence-electron chi connectivity index (χ1n) is 37.4. The van der Waals surface area contributed by atoms with Gasteiger partial charge in [0.15, 0.2) is 11.6 Å². The lowest BCUT2D eigenvalue weighted by Gasteiger charge is -2.47. The van der Waals surface area contributed by atoms with Crippen LogP contribution in [0, 0.1) is 0 Å². The van der Waals surface area contributed by atoms with Gasteiger partial charge >= 0.3 is 0 Å². The summed E-state index contributed by atoms with van der Waals surface area (Å²) >= 11 is 40.3. The lowest BCUT2D eigenvalue weighted by molar-refractivity contribution is -0.133. The van der Waals surface area contributed by atoms with E-state index in [2.05, 4.69) is 76.6 Å². The number of nitrogens with zero attached hydrogens (tertiary/aromatic N) is 13. The molecule has 9 atom stereocenters. The molecule has 7 N–H and O–H groups in total. The molecule has 3 unspecified atom stereocenters. The van der Waals surface area contributed by atoms with E-state index in [4.69, 9.17) is 147 Å². The predicted molar refractivity (Wildman–Crippen MR) is 454 cm³/mol. The van der Waals surface area contributed by atoms with Gasteiger partial charge in [-0.05, 0) is 49.8 Å². The fraction of sp³-hybridized carbons (Fsp3) is 0.362. The molecule has 2 bridgehead atoms. The first-order chi connectivity index (χ1) is 57.3. The molecule has 0 aliphatic carbocycles. The summed E-state index contributed by atoms with van der Waals surface area (Å²) < 4.78 is 57.0. The second-order valence-electron chi connectivity index (χ2n) is 28.7.